The topological polar surface area (TPSA) is 99.4 Å². The Morgan fingerprint density at radius 3 is 2.71 bits per heavy atom. The fourth-order valence-corrected chi connectivity index (χ4v) is 3.13. The molecule has 0 aromatic heterocycles. The number of methoxy groups -OCH3 is 1. The number of aliphatic hydroxyl groups is 1. The maximum atomic E-state index is 12.3. The van der Waals surface area contributed by atoms with Gasteiger partial charge in [0.2, 0.25) is 10.0 Å². The van der Waals surface area contributed by atoms with Crippen LogP contribution in [0.15, 0.2) is 23.1 Å². The first-order valence-corrected chi connectivity index (χ1v) is 7.92. The van der Waals surface area contributed by atoms with Gasteiger partial charge in [0.1, 0.15) is 0 Å². The van der Waals surface area contributed by atoms with E-state index in [0.717, 1.165) is 0 Å². The summed E-state index contributed by atoms with van der Waals surface area (Å²) < 4.78 is 31.8. The van der Waals surface area contributed by atoms with Crippen LogP contribution in [-0.2, 0) is 14.8 Å². The molecule has 1 atom stereocenters. The predicted octanol–water partition coefficient (Wildman–Crippen LogP) is 0.932. The van der Waals surface area contributed by atoms with Crippen LogP contribution in [0.5, 0.6) is 0 Å². The zero-order valence-corrected chi connectivity index (χ0v) is 13.2. The highest BCUT2D eigenvalue weighted by Crippen LogP contribution is 2.17. The zero-order chi connectivity index (χ0) is 16.1. The van der Waals surface area contributed by atoms with Gasteiger partial charge in [-0.1, -0.05) is 6.07 Å². The number of hydrogen-bond acceptors (Lipinski definition) is 5. The van der Waals surface area contributed by atoms with Gasteiger partial charge in [-0.25, -0.2) is 13.1 Å². The Kier molecular flexibility index (Phi) is 5.87. The third kappa shape index (κ3) is 5.10. The molecule has 0 aliphatic heterocycles. The average molecular weight is 312 g/mol. The fourth-order valence-electron chi connectivity index (χ4n) is 1.70. The number of hydrogen-bond donors (Lipinski definition) is 2. The first-order chi connectivity index (χ1) is 9.72. The normalized spacial score (nSPS) is 14.4. The molecular weight excluding hydrogens is 292 g/mol. The predicted molar refractivity (Wildman–Crippen MR) is 78.2 cm³/mol. The minimum atomic E-state index is -3.78. The Morgan fingerprint density at radius 1 is 1.48 bits per heavy atom. The van der Waals surface area contributed by atoms with E-state index in [-0.39, 0.29) is 17.0 Å². The molecule has 6 nitrogen and oxygen atoms in total. The number of benzene rings is 1. The van der Waals surface area contributed by atoms with Crippen molar-refractivity contribution in [1.29, 1.82) is 5.26 Å². The van der Waals surface area contributed by atoms with Crippen molar-refractivity contribution < 1.29 is 18.3 Å². The lowest BCUT2D eigenvalue weighted by molar-refractivity contribution is 0.0292. The van der Waals surface area contributed by atoms with Crippen molar-refractivity contribution in [1.82, 2.24) is 4.72 Å². The smallest absolute Gasteiger partial charge is 0.240 e. The standard InChI is InChI=1S/C14H20N2O4S/c1-11-4-5-12(9-15)8-13(11)21(18,19)16-10-14(2,17)6-7-20-3/h4-5,8,16-17H,6-7,10H2,1-3H3. The molecule has 7 heteroatoms. The van der Waals surface area contributed by atoms with E-state index in [4.69, 9.17) is 10.00 Å². The minimum absolute atomic E-state index is 0.0455. The van der Waals surface area contributed by atoms with Gasteiger partial charge in [-0.3, -0.25) is 0 Å². The molecule has 1 rings (SSSR count). The molecule has 0 fully saturated rings. The van der Waals surface area contributed by atoms with Crippen molar-refractivity contribution in [2.75, 3.05) is 20.3 Å². The Hall–Kier alpha value is -1.46. The van der Waals surface area contributed by atoms with E-state index in [1.54, 1.807) is 19.1 Å². The fraction of sp³-hybridized carbons (Fsp3) is 0.500. The van der Waals surface area contributed by atoms with Gasteiger partial charge in [-0.05, 0) is 31.5 Å². The van der Waals surface area contributed by atoms with Crippen LogP contribution in [0.4, 0.5) is 0 Å². The van der Waals surface area contributed by atoms with Crippen molar-refractivity contribution in [3.05, 3.63) is 29.3 Å². The van der Waals surface area contributed by atoms with E-state index in [1.165, 1.54) is 20.1 Å². The van der Waals surface area contributed by atoms with Gasteiger partial charge in [0.05, 0.1) is 22.1 Å². The summed E-state index contributed by atoms with van der Waals surface area (Å²) in [6.07, 6.45) is 0.309. The number of nitrogens with one attached hydrogen (secondary N) is 1. The molecule has 0 saturated carbocycles. The summed E-state index contributed by atoms with van der Waals surface area (Å²) in [5, 5.41) is 18.9. The maximum Gasteiger partial charge on any atom is 0.240 e. The Balaban J connectivity index is 2.90. The molecule has 1 aromatic rings. The van der Waals surface area contributed by atoms with Crippen LogP contribution in [-0.4, -0.2) is 39.4 Å². The third-order valence-corrected chi connectivity index (χ3v) is 4.64. The second-order valence-electron chi connectivity index (χ2n) is 5.16. The molecule has 0 spiro atoms. The van der Waals surface area contributed by atoms with Crippen LogP contribution in [0.25, 0.3) is 0 Å². The molecule has 0 aliphatic rings. The van der Waals surface area contributed by atoms with Crippen LogP contribution >= 0.6 is 0 Å². The molecule has 0 saturated heterocycles. The summed E-state index contributed by atoms with van der Waals surface area (Å²) in [4.78, 5) is 0.0455. The van der Waals surface area contributed by atoms with E-state index < -0.39 is 15.6 Å². The van der Waals surface area contributed by atoms with Crippen LogP contribution in [0.2, 0.25) is 0 Å². The molecular formula is C14H20N2O4S. The van der Waals surface area contributed by atoms with Gasteiger partial charge in [-0.15, -0.1) is 0 Å². The maximum absolute atomic E-state index is 12.3. The van der Waals surface area contributed by atoms with Crippen molar-refractivity contribution in [3.63, 3.8) is 0 Å². The van der Waals surface area contributed by atoms with Gasteiger partial charge < -0.3 is 9.84 Å². The molecule has 0 heterocycles. The first kappa shape index (κ1) is 17.6. The molecule has 116 valence electrons. The first-order valence-electron chi connectivity index (χ1n) is 6.43. The summed E-state index contributed by atoms with van der Waals surface area (Å²) in [6.45, 7) is 3.39. The van der Waals surface area contributed by atoms with E-state index in [1.807, 2.05) is 6.07 Å². The molecule has 2 N–H and O–H groups in total. The van der Waals surface area contributed by atoms with E-state index in [0.29, 0.717) is 18.6 Å². The SMILES string of the molecule is COCCC(C)(O)CNS(=O)(=O)c1cc(C#N)ccc1C. The van der Waals surface area contributed by atoms with Gasteiger partial charge >= 0.3 is 0 Å². The second-order valence-corrected chi connectivity index (χ2v) is 6.89. The number of nitrogens with zero attached hydrogens (tertiary/aromatic N) is 1. The largest absolute Gasteiger partial charge is 0.389 e. The van der Waals surface area contributed by atoms with Crippen molar-refractivity contribution in [3.8, 4) is 6.07 Å². The lowest BCUT2D eigenvalue weighted by atomic mass is 10.0. The molecule has 0 amide bonds. The lowest BCUT2D eigenvalue weighted by Gasteiger charge is -2.23. The van der Waals surface area contributed by atoms with Crippen LogP contribution < -0.4 is 4.72 Å². The van der Waals surface area contributed by atoms with E-state index in [2.05, 4.69) is 4.72 Å². The van der Waals surface area contributed by atoms with Crippen molar-refractivity contribution in [2.24, 2.45) is 0 Å². The molecule has 21 heavy (non-hydrogen) atoms. The molecule has 1 aromatic carbocycles. The summed E-state index contributed by atoms with van der Waals surface area (Å²) in [6, 6.07) is 6.37. The molecule has 1 unspecified atom stereocenters. The summed E-state index contributed by atoms with van der Waals surface area (Å²) >= 11 is 0. The van der Waals surface area contributed by atoms with E-state index >= 15 is 0 Å². The Morgan fingerprint density at radius 2 is 2.14 bits per heavy atom. The number of nitriles is 1. The number of rotatable bonds is 7. The van der Waals surface area contributed by atoms with Gasteiger partial charge in [-0.2, -0.15) is 5.26 Å². The Bertz CT molecular complexity index is 633. The van der Waals surface area contributed by atoms with Gasteiger partial charge in [0.25, 0.3) is 0 Å². The second kappa shape index (κ2) is 7.00. The summed E-state index contributed by atoms with van der Waals surface area (Å²) in [5.41, 5.74) is -0.394. The average Bonchev–Trinajstić information content (AvgIpc) is 2.44. The van der Waals surface area contributed by atoms with Crippen LogP contribution in [0, 0.1) is 18.3 Å². The van der Waals surface area contributed by atoms with Gasteiger partial charge in [0, 0.05) is 26.7 Å². The summed E-state index contributed by atoms with van der Waals surface area (Å²) in [5.74, 6) is 0. The van der Waals surface area contributed by atoms with Crippen molar-refractivity contribution in [2.45, 2.75) is 30.8 Å². The zero-order valence-electron chi connectivity index (χ0n) is 12.4. The van der Waals surface area contributed by atoms with Crippen LogP contribution in [0.3, 0.4) is 0 Å². The minimum Gasteiger partial charge on any atom is -0.389 e. The highest BCUT2D eigenvalue weighted by atomic mass is 32.2. The Labute approximate surface area is 125 Å². The molecule has 0 bridgehead atoms. The third-order valence-electron chi connectivity index (χ3n) is 3.09. The monoisotopic (exact) mass is 312 g/mol. The van der Waals surface area contributed by atoms with E-state index in [9.17, 15) is 13.5 Å². The van der Waals surface area contributed by atoms with Gasteiger partial charge in [0.15, 0.2) is 0 Å². The lowest BCUT2D eigenvalue weighted by Crippen LogP contribution is -2.41. The quantitative estimate of drug-likeness (QED) is 0.780. The highest BCUT2D eigenvalue weighted by Gasteiger charge is 2.25. The summed E-state index contributed by atoms with van der Waals surface area (Å²) in [7, 11) is -2.27. The molecule has 0 aliphatic carbocycles. The molecule has 0 radical (unpaired) electrons. The number of sulfonamides is 1. The van der Waals surface area contributed by atoms with Crippen LogP contribution in [0.1, 0.15) is 24.5 Å². The van der Waals surface area contributed by atoms with Crippen molar-refractivity contribution >= 4 is 10.0 Å². The number of ether oxygens (including phenoxy) is 1. The number of aryl methyl sites for hydroxylation is 1. The highest BCUT2D eigenvalue weighted by molar-refractivity contribution is 7.89.